The number of rotatable bonds is 10. The number of nitrogens with one attached hydrogen (secondary N) is 2. The molecule has 0 bridgehead atoms. The Morgan fingerprint density at radius 1 is 1.02 bits per heavy atom. The minimum absolute atomic E-state index is 0.0280. The van der Waals surface area contributed by atoms with Crippen LogP contribution in [0.15, 0.2) is 66.4 Å². The van der Waals surface area contributed by atoms with Gasteiger partial charge in [-0.2, -0.15) is 0 Å². The molecule has 0 atom stereocenters. The molecule has 0 saturated heterocycles. The van der Waals surface area contributed by atoms with Crippen LogP contribution < -0.4 is 15.5 Å². The average Bonchev–Trinajstić information content (AvgIpc) is 3.62. The maximum absolute atomic E-state index is 12.4. The quantitative estimate of drug-likeness (QED) is 0.284. The van der Waals surface area contributed by atoms with Gasteiger partial charge < -0.3 is 20.4 Å². The number of carbonyl (C=O) groups excluding carboxylic acids is 3. The van der Waals surface area contributed by atoms with E-state index in [0.29, 0.717) is 16.6 Å². The van der Waals surface area contributed by atoms with E-state index in [2.05, 4.69) is 20.6 Å². The molecular formula is C27H29N7O5S2. The monoisotopic (exact) mass is 595 g/mol. The summed E-state index contributed by atoms with van der Waals surface area (Å²) in [4.78, 5) is 49.0. The van der Waals surface area contributed by atoms with Gasteiger partial charge in [-0.3, -0.25) is 18.4 Å². The van der Waals surface area contributed by atoms with Gasteiger partial charge in [0.05, 0.1) is 30.6 Å². The summed E-state index contributed by atoms with van der Waals surface area (Å²) >= 11 is 1.25. The zero-order chi connectivity index (χ0) is 29.7. The van der Waals surface area contributed by atoms with Crippen molar-refractivity contribution in [2.75, 3.05) is 50.7 Å². The Balaban J connectivity index is 1.39. The lowest BCUT2D eigenvalue weighted by Crippen LogP contribution is -2.34. The van der Waals surface area contributed by atoms with Gasteiger partial charge in [0.15, 0.2) is 5.13 Å². The summed E-state index contributed by atoms with van der Waals surface area (Å²) in [5, 5.41) is 7.32. The van der Waals surface area contributed by atoms with Crippen molar-refractivity contribution >= 4 is 50.0 Å². The molecule has 41 heavy (non-hydrogen) atoms. The number of thiazole rings is 1. The molecular weight excluding hydrogens is 566 g/mol. The third-order valence-electron chi connectivity index (χ3n) is 5.97. The van der Waals surface area contributed by atoms with Gasteiger partial charge >= 0.3 is 0 Å². The summed E-state index contributed by atoms with van der Waals surface area (Å²) in [7, 11) is 1.73. The van der Waals surface area contributed by atoms with Gasteiger partial charge in [0.2, 0.25) is 21.8 Å². The fourth-order valence-electron chi connectivity index (χ4n) is 3.70. The van der Waals surface area contributed by atoms with Gasteiger partial charge in [-0.1, -0.05) is 18.2 Å². The molecule has 1 aromatic carbocycles. The van der Waals surface area contributed by atoms with Crippen molar-refractivity contribution in [1.82, 2.24) is 24.2 Å². The van der Waals surface area contributed by atoms with Gasteiger partial charge in [-0.25, -0.2) is 18.4 Å². The second-order valence-electron chi connectivity index (χ2n) is 9.39. The lowest BCUT2D eigenvalue weighted by Gasteiger charge is -2.20. The number of hydrogen-bond acceptors (Lipinski definition) is 9. The molecule has 0 unspecified atom stereocenters. The van der Waals surface area contributed by atoms with E-state index >= 15 is 0 Å². The topological polar surface area (TPSA) is 147 Å². The highest BCUT2D eigenvalue weighted by Crippen LogP contribution is 2.30. The van der Waals surface area contributed by atoms with Crippen molar-refractivity contribution in [3.8, 4) is 22.4 Å². The Labute approximate surface area is 241 Å². The smallest absolute Gasteiger partial charge is 0.253 e. The molecule has 3 heterocycles. The summed E-state index contributed by atoms with van der Waals surface area (Å²) in [6, 6.07) is 12.9. The lowest BCUT2D eigenvalue weighted by atomic mass is 10.0. The van der Waals surface area contributed by atoms with Crippen LogP contribution in [0.5, 0.6) is 0 Å². The molecule has 4 rings (SSSR count). The summed E-state index contributed by atoms with van der Waals surface area (Å²) in [5.41, 5.74) is 3.49. The largest absolute Gasteiger partial charge is 0.350 e. The maximum atomic E-state index is 12.4. The number of hydrogen-bond donors (Lipinski definition) is 2. The summed E-state index contributed by atoms with van der Waals surface area (Å²) in [5.74, 6) is -0.410. The van der Waals surface area contributed by atoms with E-state index < -0.39 is 21.8 Å². The van der Waals surface area contributed by atoms with Crippen molar-refractivity contribution < 1.29 is 22.8 Å². The van der Waals surface area contributed by atoms with Crippen LogP contribution in [0.2, 0.25) is 0 Å². The molecule has 0 saturated carbocycles. The van der Waals surface area contributed by atoms with Crippen LogP contribution in [0.1, 0.15) is 10.4 Å². The first kappa shape index (κ1) is 29.4. The van der Waals surface area contributed by atoms with E-state index in [-0.39, 0.29) is 24.6 Å². The summed E-state index contributed by atoms with van der Waals surface area (Å²) < 4.78 is 24.1. The lowest BCUT2D eigenvalue weighted by molar-refractivity contribution is -0.127. The van der Waals surface area contributed by atoms with Crippen molar-refractivity contribution in [2.45, 2.75) is 0 Å². The minimum atomic E-state index is -3.51. The molecule has 3 aromatic heterocycles. The van der Waals surface area contributed by atoms with Crippen LogP contribution in [-0.4, -0.2) is 85.5 Å². The highest BCUT2D eigenvalue weighted by molar-refractivity contribution is 7.89. The Bertz CT molecular complexity index is 1690. The Morgan fingerprint density at radius 3 is 2.46 bits per heavy atom. The van der Waals surface area contributed by atoms with Crippen molar-refractivity contribution in [3.05, 3.63) is 72.0 Å². The standard InChI is InChI=1S/C27H29N7O5S2/c1-32(2)25(36)16-33(3)23-13-19(8-10-28-23)18-6-5-7-20(12-18)22-17-40-27(30-22)31-24(35)14-29-26(37)21-9-11-34(15-21)41(4,38)39/h5-13,15,17H,14,16H2,1-4H3,(H,29,37)(H,30,31,35). The zero-order valence-corrected chi connectivity index (χ0v) is 24.5. The maximum Gasteiger partial charge on any atom is 0.253 e. The number of aromatic nitrogens is 3. The number of anilines is 2. The van der Waals surface area contributed by atoms with Crippen LogP contribution in [0.25, 0.3) is 22.4 Å². The van der Waals surface area contributed by atoms with Crippen molar-refractivity contribution in [2.24, 2.45) is 0 Å². The Kier molecular flexibility index (Phi) is 8.83. The second-order valence-corrected chi connectivity index (χ2v) is 12.1. The molecule has 0 aliphatic carbocycles. The average molecular weight is 596 g/mol. The SMILES string of the molecule is CN(C)C(=O)CN(C)c1cc(-c2cccc(-c3csc(NC(=O)CNC(=O)c4ccn(S(C)(=O)=O)c4)n3)c2)ccn1. The Morgan fingerprint density at radius 2 is 1.76 bits per heavy atom. The minimum Gasteiger partial charge on any atom is -0.350 e. The van der Waals surface area contributed by atoms with E-state index in [0.717, 1.165) is 26.9 Å². The fourth-order valence-corrected chi connectivity index (χ4v) is 5.02. The molecule has 0 fully saturated rings. The van der Waals surface area contributed by atoms with Gasteiger partial charge in [-0.05, 0) is 35.4 Å². The van der Waals surface area contributed by atoms with Crippen LogP contribution in [0.3, 0.4) is 0 Å². The molecule has 0 radical (unpaired) electrons. The number of carbonyl (C=O) groups is 3. The van der Waals surface area contributed by atoms with Crippen LogP contribution in [0.4, 0.5) is 10.9 Å². The molecule has 12 nitrogen and oxygen atoms in total. The van der Waals surface area contributed by atoms with Gasteiger partial charge in [0, 0.05) is 50.7 Å². The third-order valence-corrected chi connectivity index (χ3v) is 7.72. The van der Waals surface area contributed by atoms with Crippen LogP contribution >= 0.6 is 11.3 Å². The van der Waals surface area contributed by atoms with Crippen molar-refractivity contribution in [1.29, 1.82) is 0 Å². The summed E-state index contributed by atoms with van der Waals surface area (Å²) in [6.07, 6.45) is 5.16. The number of amides is 3. The molecule has 0 spiro atoms. The Hall–Kier alpha value is -4.56. The van der Waals surface area contributed by atoms with E-state index in [1.165, 1.54) is 34.7 Å². The first-order valence-electron chi connectivity index (χ1n) is 12.3. The predicted octanol–water partition coefficient (Wildman–Crippen LogP) is 2.37. The van der Waals surface area contributed by atoms with E-state index in [9.17, 15) is 22.8 Å². The van der Waals surface area contributed by atoms with Crippen LogP contribution in [-0.2, 0) is 19.6 Å². The first-order valence-corrected chi connectivity index (χ1v) is 15.0. The van der Waals surface area contributed by atoms with E-state index in [4.69, 9.17) is 0 Å². The highest BCUT2D eigenvalue weighted by atomic mass is 32.2. The van der Waals surface area contributed by atoms with Crippen molar-refractivity contribution in [3.63, 3.8) is 0 Å². The molecule has 214 valence electrons. The fraction of sp³-hybridized carbons (Fsp3) is 0.222. The van der Waals surface area contributed by atoms with E-state index in [1.54, 1.807) is 25.2 Å². The molecule has 2 N–H and O–H groups in total. The van der Waals surface area contributed by atoms with Gasteiger partial charge in [0.1, 0.15) is 5.82 Å². The normalized spacial score (nSPS) is 11.1. The second kappa shape index (κ2) is 12.3. The van der Waals surface area contributed by atoms with E-state index in [1.807, 2.05) is 48.8 Å². The van der Waals surface area contributed by atoms with Crippen LogP contribution in [0, 0.1) is 0 Å². The summed E-state index contributed by atoms with van der Waals surface area (Å²) in [6.45, 7) is -0.108. The highest BCUT2D eigenvalue weighted by Gasteiger charge is 2.15. The molecule has 4 aromatic rings. The molecule has 3 amide bonds. The number of benzene rings is 1. The molecule has 0 aliphatic heterocycles. The predicted molar refractivity (Wildman–Crippen MR) is 158 cm³/mol. The zero-order valence-electron chi connectivity index (χ0n) is 22.9. The molecule has 0 aliphatic rings. The first-order chi connectivity index (χ1) is 19.4. The van der Waals surface area contributed by atoms with Gasteiger partial charge in [0.25, 0.3) is 5.91 Å². The molecule has 14 heteroatoms. The number of pyridine rings is 1. The number of likely N-dealkylation sites (N-methyl/N-ethyl adjacent to an activating group) is 2. The number of nitrogens with zero attached hydrogens (tertiary/aromatic N) is 5. The van der Waals surface area contributed by atoms with Gasteiger partial charge in [-0.15, -0.1) is 11.3 Å². The third kappa shape index (κ3) is 7.55.